The van der Waals surface area contributed by atoms with Crippen molar-refractivity contribution in [2.24, 2.45) is 0 Å². The number of oxazole rings is 1. The van der Waals surface area contributed by atoms with Crippen molar-refractivity contribution in [1.82, 2.24) is 15.3 Å². The number of carbonyl (C=O) groups excluding carboxylic acids is 1. The number of H-pyrrole nitrogens is 1. The first-order valence-corrected chi connectivity index (χ1v) is 7.22. The average Bonchev–Trinajstić information content (AvgIpc) is 3.11. The predicted octanol–water partition coefficient (Wildman–Crippen LogP) is 3.38. The Morgan fingerprint density at radius 3 is 2.82 bits per heavy atom. The van der Waals surface area contributed by atoms with Crippen LogP contribution in [-0.2, 0) is 12.0 Å². The Kier molecular flexibility index (Phi) is 3.48. The first kappa shape index (κ1) is 14.4. The molecule has 0 aliphatic carbocycles. The molecule has 0 aliphatic rings. The van der Waals surface area contributed by atoms with Gasteiger partial charge in [-0.2, -0.15) is 0 Å². The highest BCUT2D eigenvalue weighted by Crippen LogP contribution is 2.26. The minimum absolute atomic E-state index is 0.0842. The number of amides is 1. The number of rotatable bonds is 3. The molecule has 1 aromatic carbocycles. The van der Waals surface area contributed by atoms with E-state index in [0.717, 1.165) is 10.9 Å². The third-order valence-corrected chi connectivity index (χ3v) is 3.64. The second kappa shape index (κ2) is 5.33. The van der Waals surface area contributed by atoms with Crippen LogP contribution in [0.15, 0.2) is 41.3 Å². The smallest absolute Gasteiger partial charge is 0.268 e. The number of aromatic nitrogens is 2. The van der Waals surface area contributed by atoms with E-state index in [4.69, 9.17) is 4.42 Å². The van der Waals surface area contributed by atoms with E-state index >= 15 is 0 Å². The lowest BCUT2D eigenvalue weighted by Gasteiger charge is -2.18. The molecular weight excluding hydrogens is 278 g/mol. The molecule has 5 heteroatoms. The zero-order valence-corrected chi connectivity index (χ0v) is 12.9. The fourth-order valence-electron chi connectivity index (χ4n) is 2.31. The van der Waals surface area contributed by atoms with Crippen LogP contribution in [0.2, 0.25) is 0 Å². The van der Waals surface area contributed by atoms with E-state index < -0.39 is 0 Å². The van der Waals surface area contributed by atoms with Gasteiger partial charge in [-0.1, -0.05) is 26.8 Å². The summed E-state index contributed by atoms with van der Waals surface area (Å²) >= 11 is 0. The topological polar surface area (TPSA) is 70.9 Å². The Balaban J connectivity index is 1.80. The summed E-state index contributed by atoms with van der Waals surface area (Å²) in [6.45, 7) is 6.86. The molecule has 0 saturated heterocycles. The second-order valence-corrected chi connectivity index (χ2v) is 6.40. The lowest BCUT2D eigenvalue weighted by molar-refractivity contribution is 0.0946. The van der Waals surface area contributed by atoms with E-state index in [1.807, 2.05) is 12.1 Å². The minimum atomic E-state index is -0.156. The zero-order chi connectivity index (χ0) is 15.7. The zero-order valence-electron chi connectivity index (χ0n) is 12.9. The number of carbonyl (C=O) groups is 1. The highest BCUT2D eigenvalue weighted by Gasteiger charge is 2.15. The summed E-state index contributed by atoms with van der Waals surface area (Å²) in [4.78, 5) is 19.3. The molecule has 0 aliphatic heterocycles. The lowest BCUT2D eigenvalue weighted by Crippen LogP contribution is -2.23. The number of fused-ring (bicyclic) bond motifs is 1. The number of aromatic amines is 1. The Morgan fingerprint density at radius 1 is 1.32 bits per heavy atom. The average molecular weight is 297 g/mol. The Morgan fingerprint density at radius 2 is 2.14 bits per heavy atom. The fourth-order valence-corrected chi connectivity index (χ4v) is 2.31. The molecule has 0 unspecified atom stereocenters. The SMILES string of the molecule is CC(C)(C)c1ccc2[nH]c(C(=O)NCc3cocn3)cc2c1. The van der Waals surface area contributed by atoms with Crippen molar-refractivity contribution < 1.29 is 9.21 Å². The van der Waals surface area contributed by atoms with Crippen molar-refractivity contribution in [1.29, 1.82) is 0 Å². The molecule has 0 bridgehead atoms. The van der Waals surface area contributed by atoms with Crippen molar-refractivity contribution in [3.8, 4) is 0 Å². The summed E-state index contributed by atoms with van der Waals surface area (Å²) in [5, 5.41) is 3.86. The maximum absolute atomic E-state index is 12.2. The summed E-state index contributed by atoms with van der Waals surface area (Å²) in [5.74, 6) is -0.156. The number of hydrogen-bond acceptors (Lipinski definition) is 3. The first-order chi connectivity index (χ1) is 10.4. The van der Waals surface area contributed by atoms with Gasteiger partial charge in [0.1, 0.15) is 12.0 Å². The predicted molar refractivity (Wildman–Crippen MR) is 84.7 cm³/mol. The standard InChI is InChI=1S/C17H19N3O2/c1-17(2,3)12-4-5-14-11(6-12)7-15(20-14)16(21)18-8-13-9-22-10-19-13/h4-7,9-10,20H,8H2,1-3H3,(H,18,21). The Labute approximate surface area is 128 Å². The van der Waals surface area contributed by atoms with Crippen LogP contribution in [0.25, 0.3) is 10.9 Å². The van der Waals surface area contributed by atoms with Gasteiger partial charge in [-0.05, 0) is 29.2 Å². The summed E-state index contributed by atoms with van der Waals surface area (Å²) in [6, 6.07) is 8.11. The van der Waals surface area contributed by atoms with Gasteiger partial charge in [0.25, 0.3) is 5.91 Å². The van der Waals surface area contributed by atoms with E-state index in [1.165, 1.54) is 18.2 Å². The molecule has 22 heavy (non-hydrogen) atoms. The molecule has 0 radical (unpaired) electrons. The summed E-state index contributed by atoms with van der Waals surface area (Å²) in [5.41, 5.74) is 3.53. The molecule has 0 saturated carbocycles. The summed E-state index contributed by atoms with van der Waals surface area (Å²) < 4.78 is 4.88. The maximum atomic E-state index is 12.2. The minimum Gasteiger partial charge on any atom is -0.451 e. The van der Waals surface area contributed by atoms with E-state index in [2.05, 4.69) is 48.2 Å². The van der Waals surface area contributed by atoms with Crippen LogP contribution in [0.1, 0.15) is 42.5 Å². The molecule has 1 amide bonds. The van der Waals surface area contributed by atoms with Crippen molar-refractivity contribution >= 4 is 16.8 Å². The van der Waals surface area contributed by atoms with Gasteiger partial charge in [0, 0.05) is 10.9 Å². The number of nitrogens with zero attached hydrogens (tertiary/aromatic N) is 1. The molecule has 2 N–H and O–H groups in total. The highest BCUT2D eigenvalue weighted by atomic mass is 16.3. The number of benzene rings is 1. The number of hydrogen-bond donors (Lipinski definition) is 2. The van der Waals surface area contributed by atoms with Crippen LogP contribution in [0.5, 0.6) is 0 Å². The van der Waals surface area contributed by atoms with Gasteiger partial charge in [0.15, 0.2) is 6.39 Å². The van der Waals surface area contributed by atoms with Gasteiger partial charge in [0.05, 0.1) is 12.2 Å². The summed E-state index contributed by atoms with van der Waals surface area (Å²) in [7, 11) is 0. The molecule has 0 spiro atoms. The van der Waals surface area contributed by atoms with Crippen LogP contribution in [0.3, 0.4) is 0 Å². The third kappa shape index (κ3) is 2.88. The van der Waals surface area contributed by atoms with Crippen LogP contribution in [-0.4, -0.2) is 15.9 Å². The second-order valence-electron chi connectivity index (χ2n) is 6.40. The normalized spacial score (nSPS) is 11.8. The quantitative estimate of drug-likeness (QED) is 0.778. The van der Waals surface area contributed by atoms with E-state index in [9.17, 15) is 4.79 Å². The van der Waals surface area contributed by atoms with E-state index in [-0.39, 0.29) is 11.3 Å². The molecular formula is C17H19N3O2. The van der Waals surface area contributed by atoms with E-state index in [1.54, 1.807) is 0 Å². The number of nitrogens with one attached hydrogen (secondary N) is 2. The van der Waals surface area contributed by atoms with Crippen molar-refractivity contribution in [3.05, 3.63) is 53.9 Å². The highest BCUT2D eigenvalue weighted by molar-refractivity contribution is 5.98. The van der Waals surface area contributed by atoms with Crippen LogP contribution >= 0.6 is 0 Å². The van der Waals surface area contributed by atoms with Gasteiger partial charge >= 0.3 is 0 Å². The first-order valence-electron chi connectivity index (χ1n) is 7.22. The van der Waals surface area contributed by atoms with Gasteiger partial charge < -0.3 is 14.7 Å². The molecule has 0 atom stereocenters. The third-order valence-electron chi connectivity index (χ3n) is 3.64. The Hall–Kier alpha value is -2.56. The van der Waals surface area contributed by atoms with Crippen molar-refractivity contribution in [3.63, 3.8) is 0 Å². The van der Waals surface area contributed by atoms with E-state index in [0.29, 0.717) is 17.9 Å². The molecule has 3 aromatic rings. The largest absolute Gasteiger partial charge is 0.451 e. The summed E-state index contributed by atoms with van der Waals surface area (Å²) in [6.07, 6.45) is 2.86. The molecule has 2 heterocycles. The monoisotopic (exact) mass is 297 g/mol. The van der Waals surface area contributed by atoms with Crippen LogP contribution in [0.4, 0.5) is 0 Å². The molecule has 3 rings (SSSR count). The van der Waals surface area contributed by atoms with Crippen molar-refractivity contribution in [2.75, 3.05) is 0 Å². The van der Waals surface area contributed by atoms with Crippen molar-refractivity contribution in [2.45, 2.75) is 32.7 Å². The molecule has 0 fully saturated rings. The van der Waals surface area contributed by atoms with Gasteiger partial charge in [-0.25, -0.2) is 4.98 Å². The Bertz CT molecular complexity index is 795. The maximum Gasteiger partial charge on any atom is 0.268 e. The van der Waals surface area contributed by atoms with Gasteiger partial charge in [-0.3, -0.25) is 4.79 Å². The van der Waals surface area contributed by atoms with Gasteiger partial charge in [0.2, 0.25) is 0 Å². The molecule has 5 nitrogen and oxygen atoms in total. The van der Waals surface area contributed by atoms with Crippen LogP contribution < -0.4 is 5.32 Å². The fraction of sp³-hybridized carbons (Fsp3) is 0.294. The van der Waals surface area contributed by atoms with Crippen LogP contribution in [0, 0.1) is 0 Å². The molecule has 2 aromatic heterocycles. The van der Waals surface area contributed by atoms with Gasteiger partial charge in [-0.15, -0.1) is 0 Å². The lowest BCUT2D eigenvalue weighted by atomic mass is 9.86. The molecule has 114 valence electrons.